The molecule has 8 heteroatoms. The number of hydrogen-bond acceptors (Lipinski definition) is 5. The first-order valence-electron chi connectivity index (χ1n) is 10.8. The van der Waals surface area contributed by atoms with E-state index < -0.39 is 17.2 Å². The van der Waals surface area contributed by atoms with Crippen LogP contribution < -0.4 is 15.6 Å². The van der Waals surface area contributed by atoms with Gasteiger partial charge < -0.3 is 19.9 Å². The number of fused-ring (bicyclic) bond motifs is 1. The molecule has 1 saturated heterocycles. The van der Waals surface area contributed by atoms with Gasteiger partial charge in [-0.15, -0.1) is 0 Å². The van der Waals surface area contributed by atoms with Crippen molar-refractivity contribution in [2.75, 3.05) is 24.5 Å². The molecule has 3 aliphatic rings. The lowest BCUT2D eigenvalue weighted by Crippen LogP contribution is -2.38. The van der Waals surface area contributed by atoms with Gasteiger partial charge in [0.25, 0.3) is 0 Å². The minimum atomic E-state index is -1.29. The van der Waals surface area contributed by atoms with E-state index in [0.29, 0.717) is 36.3 Å². The van der Waals surface area contributed by atoms with Crippen LogP contribution in [0.25, 0.3) is 10.9 Å². The summed E-state index contributed by atoms with van der Waals surface area (Å²) >= 11 is 0. The number of aryl methyl sites for hydroxylation is 1. The molecule has 2 aromatic rings. The highest BCUT2D eigenvalue weighted by Gasteiger charge is 2.55. The first-order valence-corrected chi connectivity index (χ1v) is 10.8. The highest BCUT2D eigenvalue weighted by atomic mass is 19.1. The van der Waals surface area contributed by atoms with E-state index >= 15 is 4.39 Å². The van der Waals surface area contributed by atoms with Gasteiger partial charge in [0, 0.05) is 55.1 Å². The number of anilines is 1. The number of nitrogens with one attached hydrogen (secondary N) is 1. The molecular weight excluding hydrogens is 399 g/mol. The Morgan fingerprint density at radius 3 is 2.77 bits per heavy atom. The summed E-state index contributed by atoms with van der Waals surface area (Å²) in [5.74, 6) is -1.77. The molecule has 0 radical (unpaired) electrons. The third-order valence-electron chi connectivity index (χ3n) is 7.13. The second-order valence-corrected chi connectivity index (χ2v) is 9.20. The van der Waals surface area contributed by atoms with E-state index in [0.717, 1.165) is 32.2 Å². The molecule has 162 valence electrons. The van der Waals surface area contributed by atoms with E-state index in [1.165, 1.54) is 12.3 Å². The largest absolute Gasteiger partial charge is 0.477 e. The topological polar surface area (TPSA) is 98.4 Å². The van der Waals surface area contributed by atoms with Gasteiger partial charge in [0.15, 0.2) is 0 Å². The van der Waals surface area contributed by atoms with Crippen molar-refractivity contribution in [1.82, 2.24) is 9.88 Å². The van der Waals surface area contributed by atoms with E-state index in [4.69, 9.17) is 5.26 Å². The normalized spacial score (nSPS) is 21.6. The Morgan fingerprint density at radius 2 is 2.16 bits per heavy atom. The summed E-state index contributed by atoms with van der Waals surface area (Å²) in [6, 6.07) is 3.72. The number of halogens is 1. The van der Waals surface area contributed by atoms with Crippen LogP contribution in [0.2, 0.25) is 0 Å². The van der Waals surface area contributed by atoms with E-state index in [1.54, 1.807) is 0 Å². The molecule has 1 spiro atoms. The molecule has 2 N–H and O–H groups in total. The smallest absolute Gasteiger partial charge is 0.341 e. The van der Waals surface area contributed by atoms with Gasteiger partial charge in [-0.25, -0.2) is 9.18 Å². The third kappa shape index (κ3) is 3.19. The number of hydrogen-bond donors (Lipinski definition) is 2. The van der Waals surface area contributed by atoms with Crippen LogP contribution in [-0.2, 0) is 0 Å². The highest BCUT2D eigenvalue weighted by Crippen LogP contribution is 2.54. The van der Waals surface area contributed by atoms with Gasteiger partial charge in [0.2, 0.25) is 5.43 Å². The average molecular weight is 424 g/mol. The fraction of sp³-hybridized carbons (Fsp3) is 0.522. The van der Waals surface area contributed by atoms with Gasteiger partial charge in [-0.05, 0) is 44.2 Å². The van der Waals surface area contributed by atoms with Crippen LogP contribution in [0, 0.1) is 29.5 Å². The van der Waals surface area contributed by atoms with Crippen LogP contribution >= 0.6 is 0 Å². The van der Waals surface area contributed by atoms with Crippen molar-refractivity contribution in [3.63, 3.8) is 0 Å². The molecule has 2 saturated carbocycles. The fourth-order valence-electron chi connectivity index (χ4n) is 5.24. The summed E-state index contributed by atoms with van der Waals surface area (Å²) in [6.07, 6.45) is 5.86. The van der Waals surface area contributed by atoms with Crippen LogP contribution in [0.5, 0.6) is 0 Å². The number of rotatable bonds is 6. The van der Waals surface area contributed by atoms with Crippen LogP contribution in [0.1, 0.15) is 54.1 Å². The predicted molar refractivity (Wildman–Crippen MR) is 114 cm³/mol. The van der Waals surface area contributed by atoms with Crippen molar-refractivity contribution in [2.45, 2.75) is 51.1 Å². The Hall–Kier alpha value is -2.92. The Bertz CT molecular complexity index is 1190. The van der Waals surface area contributed by atoms with E-state index in [2.05, 4.69) is 16.3 Å². The molecule has 1 unspecified atom stereocenters. The Balaban J connectivity index is 1.60. The number of aromatic nitrogens is 1. The first kappa shape index (κ1) is 20.0. The molecule has 2 aliphatic carbocycles. The van der Waals surface area contributed by atoms with Crippen molar-refractivity contribution in [2.24, 2.45) is 5.41 Å². The molecule has 0 bridgehead atoms. The van der Waals surface area contributed by atoms with Gasteiger partial charge in [-0.1, -0.05) is 0 Å². The van der Waals surface area contributed by atoms with Gasteiger partial charge in [-0.3, -0.25) is 4.79 Å². The maximum absolute atomic E-state index is 15.4. The molecule has 5 rings (SSSR count). The zero-order valence-corrected chi connectivity index (χ0v) is 17.4. The molecular formula is C23H25FN4O3. The van der Waals surface area contributed by atoms with Crippen molar-refractivity contribution >= 4 is 22.6 Å². The summed E-state index contributed by atoms with van der Waals surface area (Å²) in [4.78, 5) is 26.5. The van der Waals surface area contributed by atoms with Crippen LogP contribution in [0.4, 0.5) is 10.1 Å². The number of nitrogens with zero attached hydrogens (tertiary/aromatic N) is 3. The quantitative estimate of drug-likeness (QED) is 0.692. The van der Waals surface area contributed by atoms with E-state index in [1.807, 2.05) is 11.5 Å². The summed E-state index contributed by atoms with van der Waals surface area (Å²) < 4.78 is 17.3. The van der Waals surface area contributed by atoms with E-state index in [-0.39, 0.29) is 28.4 Å². The predicted octanol–water partition coefficient (Wildman–Crippen LogP) is 2.95. The molecule has 31 heavy (non-hydrogen) atoms. The molecule has 1 aliphatic heterocycles. The lowest BCUT2D eigenvalue weighted by atomic mass is 10.0. The summed E-state index contributed by atoms with van der Waals surface area (Å²) in [6.45, 7) is 3.83. The minimum absolute atomic E-state index is 0.118. The number of nitriles is 1. The monoisotopic (exact) mass is 424 g/mol. The molecule has 1 atom stereocenters. The molecule has 0 amide bonds. The number of benzene rings is 1. The van der Waals surface area contributed by atoms with Crippen molar-refractivity contribution in [1.29, 1.82) is 5.26 Å². The lowest BCUT2D eigenvalue weighted by Gasteiger charge is -2.24. The molecule has 1 aromatic heterocycles. The molecule has 7 nitrogen and oxygen atoms in total. The molecule has 1 aromatic carbocycles. The standard InChI is InChI=1S/C23H25FN4O3/c1-13-19-15(21(29)16(22(30)31)10-28(19)14-3-4-14)9-17(24)20(13)27-11-18(26-8-2-7-25)23(12-27)5-6-23/h9-10,14,18,26H,2-6,8,11-12H2,1H3,(H,30,31). The van der Waals surface area contributed by atoms with Gasteiger partial charge in [-0.2, -0.15) is 5.26 Å². The minimum Gasteiger partial charge on any atom is -0.477 e. The molecule has 2 heterocycles. The third-order valence-corrected chi connectivity index (χ3v) is 7.13. The summed E-state index contributed by atoms with van der Waals surface area (Å²) in [5, 5.41) is 21.9. The zero-order chi connectivity index (χ0) is 21.9. The van der Waals surface area contributed by atoms with Crippen molar-refractivity contribution in [3.8, 4) is 6.07 Å². The number of carbonyl (C=O) groups is 1. The second-order valence-electron chi connectivity index (χ2n) is 9.20. The zero-order valence-electron chi connectivity index (χ0n) is 17.4. The first-order chi connectivity index (χ1) is 14.9. The van der Waals surface area contributed by atoms with Crippen LogP contribution in [0.3, 0.4) is 0 Å². The number of carboxylic acid groups (broad SMARTS) is 1. The maximum Gasteiger partial charge on any atom is 0.341 e. The number of pyridine rings is 1. The Kier molecular flexibility index (Phi) is 4.56. The van der Waals surface area contributed by atoms with Gasteiger partial charge in [0.1, 0.15) is 11.4 Å². The van der Waals surface area contributed by atoms with Crippen molar-refractivity contribution in [3.05, 3.63) is 39.4 Å². The molecule has 3 fully saturated rings. The van der Waals surface area contributed by atoms with Gasteiger partial charge in [0.05, 0.1) is 17.3 Å². The Morgan fingerprint density at radius 1 is 1.42 bits per heavy atom. The van der Waals surface area contributed by atoms with Crippen LogP contribution in [-0.4, -0.2) is 41.3 Å². The highest BCUT2D eigenvalue weighted by molar-refractivity contribution is 5.95. The number of carboxylic acids is 1. The maximum atomic E-state index is 15.4. The summed E-state index contributed by atoms with van der Waals surface area (Å²) in [7, 11) is 0. The Labute approximate surface area is 179 Å². The van der Waals surface area contributed by atoms with Crippen LogP contribution in [0.15, 0.2) is 17.1 Å². The SMILES string of the molecule is Cc1c(N2CC(NCCC#N)C3(CC3)C2)c(F)cc2c(=O)c(C(=O)O)cn(C3CC3)c12. The fourth-order valence-corrected chi connectivity index (χ4v) is 5.24. The average Bonchev–Trinajstić information content (AvgIpc) is 3.62. The van der Waals surface area contributed by atoms with E-state index in [9.17, 15) is 14.7 Å². The lowest BCUT2D eigenvalue weighted by molar-refractivity contribution is 0.0695. The summed E-state index contributed by atoms with van der Waals surface area (Å²) in [5.41, 5.74) is 0.992. The van der Waals surface area contributed by atoms with Crippen molar-refractivity contribution < 1.29 is 14.3 Å². The number of aromatic carboxylic acids is 1. The second kappa shape index (κ2) is 7.06. The van der Waals surface area contributed by atoms with Gasteiger partial charge >= 0.3 is 5.97 Å².